The number of thiophene rings is 1. The molecule has 0 saturated heterocycles. The first-order chi connectivity index (χ1) is 8.52. The van der Waals surface area contributed by atoms with E-state index in [4.69, 9.17) is 0 Å². The number of anilines is 1. The van der Waals surface area contributed by atoms with Crippen LogP contribution in [0.1, 0.15) is 31.0 Å². The standard InChI is InChI=1S/C13H16BrN3S/c1-7(2)11-8(3)16-12(17-13(11)15-4)9-5-10(14)18-6-9/h5-7H,1-4H3,(H,15,16,17). The van der Waals surface area contributed by atoms with Crippen LogP contribution in [0.2, 0.25) is 0 Å². The van der Waals surface area contributed by atoms with Gasteiger partial charge in [0.2, 0.25) is 0 Å². The van der Waals surface area contributed by atoms with Crippen LogP contribution in [0.5, 0.6) is 0 Å². The Hall–Kier alpha value is -0.940. The van der Waals surface area contributed by atoms with Crippen molar-refractivity contribution in [2.24, 2.45) is 0 Å². The van der Waals surface area contributed by atoms with Gasteiger partial charge in [0.05, 0.1) is 3.79 Å². The van der Waals surface area contributed by atoms with E-state index in [9.17, 15) is 0 Å². The van der Waals surface area contributed by atoms with Crippen molar-refractivity contribution in [3.8, 4) is 11.4 Å². The maximum atomic E-state index is 4.62. The molecule has 0 saturated carbocycles. The van der Waals surface area contributed by atoms with Gasteiger partial charge in [-0.15, -0.1) is 11.3 Å². The third kappa shape index (κ3) is 2.57. The summed E-state index contributed by atoms with van der Waals surface area (Å²) >= 11 is 5.11. The molecule has 0 fully saturated rings. The van der Waals surface area contributed by atoms with Crippen LogP contribution < -0.4 is 5.32 Å². The van der Waals surface area contributed by atoms with E-state index in [2.05, 4.69) is 50.4 Å². The van der Waals surface area contributed by atoms with E-state index >= 15 is 0 Å². The Morgan fingerprint density at radius 3 is 2.56 bits per heavy atom. The molecule has 96 valence electrons. The van der Waals surface area contributed by atoms with E-state index < -0.39 is 0 Å². The first kappa shape index (κ1) is 13.5. The van der Waals surface area contributed by atoms with Crippen molar-refractivity contribution in [2.45, 2.75) is 26.7 Å². The number of halogens is 1. The fourth-order valence-corrected chi connectivity index (χ4v) is 3.15. The summed E-state index contributed by atoms with van der Waals surface area (Å²) in [6.07, 6.45) is 0. The van der Waals surface area contributed by atoms with Gasteiger partial charge in [-0.1, -0.05) is 13.8 Å². The molecular weight excluding hydrogens is 310 g/mol. The molecule has 2 rings (SSSR count). The minimum Gasteiger partial charge on any atom is -0.373 e. The third-order valence-electron chi connectivity index (χ3n) is 2.78. The largest absolute Gasteiger partial charge is 0.373 e. The highest BCUT2D eigenvalue weighted by atomic mass is 79.9. The number of aromatic nitrogens is 2. The Labute approximate surface area is 120 Å². The van der Waals surface area contributed by atoms with Crippen LogP contribution >= 0.6 is 27.3 Å². The van der Waals surface area contributed by atoms with E-state index in [0.717, 1.165) is 26.7 Å². The zero-order chi connectivity index (χ0) is 13.3. The van der Waals surface area contributed by atoms with Gasteiger partial charge in [-0.3, -0.25) is 0 Å². The normalized spacial score (nSPS) is 11.0. The summed E-state index contributed by atoms with van der Waals surface area (Å²) in [6.45, 7) is 6.36. The third-order valence-corrected chi connectivity index (χ3v) is 4.28. The molecule has 0 aromatic carbocycles. The number of rotatable bonds is 3. The molecule has 2 aromatic rings. The average molecular weight is 326 g/mol. The second-order valence-electron chi connectivity index (χ2n) is 4.44. The molecule has 0 aliphatic carbocycles. The molecule has 1 N–H and O–H groups in total. The van der Waals surface area contributed by atoms with Crippen molar-refractivity contribution in [3.63, 3.8) is 0 Å². The summed E-state index contributed by atoms with van der Waals surface area (Å²) < 4.78 is 1.10. The molecular formula is C13H16BrN3S. The lowest BCUT2D eigenvalue weighted by molar-refractivity contribution is 0.834. The van der Waals surface area contributed by atoms with Gasteiger partial charge in [0.1, 0.15) is 5.82 Å². The van der Waals surface area contributed by atoms with Crippen molar-refractivity contribution in [1.82, 2.24) is 9.97 Å². The molecule has 0 atom stereocenters. The van der Waals surface area contributed by atoms with Crippen LogP contribution in [0.4, 0.5) is 5.82 Å². The van der Waals surface area contributed by atoms with Gasteiger partial charge in [0, 0.05) is 29.2 Å². The van der Waals surface area contributed by atoms with Crippen molar-refractivity contribution in [2.75, 3.05) is 12.4 Å². The van der Waals surface area contributed by atoms with Crippen LogP contribution in [0.15, 0.2) is 15.2 Å². The van der Waals surface area contributed by atoms with Crippen LogP contribution in [0.3, 0.4) is 0 Å². The van der Waals surface area contributed by atoms with Crippen molar-refractivity contribution < 1.29 is 0 Å². The minimum absolute atomic E-state index is 0.413. The lowest BCUT2D eigenvalue weighted by Crippen LogP contribution is -2.06. The first-order valence-electron chi connectivity index (χ1n) is 5.83. The summed E-state index contributed by atoms with van der Waals surface area (Å²) in [7, 11) is 1.90. The molecule has 0 aliphatic heterocycles. The lowest BCUT2D eigenvalue weighted by Gasteiger charge is -2.15. The number of aryl methyl sites for hydroxylation is 1. The number of nitrogens with one attached hydrogen (secondary N) is 1. The number of hydrogen-bond acceptors (Lipinski definition) is 4. The van der Waals surface area contributed by atoms with E-state index in [1.807, 2.05) is 20.0 Å². The fourth-order valence-electron chi connectivity index (χ4n) is 2.02. The maximum absolute atomic E-state index is 4.62. The molecule has 0 radical (unpaired) electrons. The Bertz CT molecular complexity index is 563. The number of nitrogens with zero attached hydrogens (tertiary/aromatic N) is 2. The van der Waals surface area contributed by atoms with Crippen LogP contribution in [0.25, 0.3) is 11.4 Å². The van der Waals surface area contributed by atoms with Crippen molar-refractivity contribution in [3.05, 3.63) is 26.5 Å². The van der Waals surface area contributed by atoms with E-state index in [1.54, 1.807) is 11.3 Å². The molecule has 0 bridgehead atoms. The highest BCUT2D eigenvalue weighted by molar-refractivity contribution is 9.11. The van der Waals surface area contributed by atoms with E-state index in [-0.39, 0.29) is 0 Å². The summed E-state index contributed by atoms with van der Waals surface area (Å²) in [5.74, 6) is 2.12. The molecule has 3 nitrogen and oxygen atoms in total. The molecule has 0 unspecified atom stereocenters. The predicted molar refractivity (Wildman–Crippen MR) is 81.4 cm³/mol. The second kappa shape index (κ2) is 5.36. The maximum Gasteiger partial charge on any atom is 0.162 e. The van der Waals surface area contributed by atoms with Gasteiger partial charge in [0.15, 0.2) is 5.82 Å². The van der Waals surface area contributed by atoms with Gasteiger partial charge in [0.25, 0.3) is 0 Å². The molecule has 2 heterocycles. The van der Waals surface area contributed by atoms with Crippen LogP contribution in [-0.2, 0) is 0 Å². The molecule has 0 spiro atoms. The molecule has 5 heteroatoms. The van der Waals surface area contributed by atoms with Crippen LogP contribution in [-0.4, -0.2) is 17.0 Å². The fraction of sp³-hybridized carbons (Fsp3) is 0.385. The van der Waals surface area contributed by atoms with Crippen molar-refractivity contribution >= 4 is 33.1 Å². The number of hydrogen-bond donors (Lipinski definition) is 1. The smallest absolute Gasteiger partial charge is 0.162 e. The first-order valence-corrected chi connectivity index (χ1v) is 7.51. The zero-order valence-corrected chi connectivity index (χ0v) is 13.3. The van der Waals surface area contributed by atoms with Gasteiger partial charge >= 0.3 is 0 Å². The Morgan fingerprint density at radius 2 is 2.06 bits per heavy atom. The zero-order valence-electron chi connectivity index (χ0n) is 10.9. The molecule has 18 heavy (non-hydrogen) atoms. The van der Waals surface area contributed by atoms with Gasteiger partial charge in [-0.25, -0.2) is 9.97 Å². The second-order valence-corrected chi connectivity index (χ2v) is 6.73. The van der Waals surface area contributed by atoms with Crippen molar-refractivity contribution in [1.29, 1.82) is 0 Å². The summed E-state index contributed by atoms with van der Waals surface area (Å²) in [6, 6.07) is 2.05. The summed E-state index contributed by atoms with van der Waals surface area (Å²) in [4.78, 5) is 9.24. The summed E-state index contributed by atoms with van der Waals surface area (Å²) in [5.41, 5.74) is 3.29. The van der Waals surface area contributed by atoms with Gasteiger partial charge in [-0.05, 0) is 34.8 Å². The Morgan fingerprint density at radius 1 is 1.33 bits per heavy atom. The summed E-state index contributed by atoms with van der Waals surface area (Å²) in [5, 5.41) is 5.24. The highest BCUT2D eigenvalue weighted by Gasteiger charge is 2.15. The molecule has 0 aliphatic rings. The molecule has 2 aromatic heterocycles. The van der Waals surface area contributed by atoms with E-state index in [1.165, 1.54) is 5.56 Å². The molecule has 0 amide bonds. The lowest BCUT2D eigenvalue weighted by atomic mass is 10.0. The topological polar surface area (TPSA) is 37.8 Å². The Kier molecular flexibility index (Phi) is 4.02. The monoisotopic (exact) mass is 325 g/mol. The Balaban J connectivity index is 2.55. The van der Waals surface area contributed by atoms with Gasteiger partial charge < -0.3 is 5.32 Å². The highest BCUT2D eigenvalue weighted by Crippen LogP contribution is 2.31. The predicted octanol–water partition coefficient (Wildman–Crippen LogP) is 4.44. The van der Waals surface area contributed by atoms with Crippen LogP contribution in [0, 0.1) is 6.92 Å². The minimum atomic E-state index is 0.413. The van der Waals surface area contributed by atoms with Gasteiger partial charge in [-0.2, -0.15) is 0 Å². The van der Waals surface area contributed by atoms with E-state index in [0.29, 0.717) is 5.92 Å². The quantitative estimate of drug-likeness (QED) is 0.906. The average Bonchev–Trinajstić information content (AvgIpc) is 2.74. The SMILES string of the molecule is CNc1nc(-c2csc(Br)c2)nc(C)c1C(C)C.